The van der Waals surface area contributed by atoms with Gasteiger partial charge in [0.05, 0.1) is 17.4 Å². The molecule has 3 heterocycles. The Labute approximate surface area is 155 Å². The topological polar surface area (TPSA) is 112 Å². The summed E-state index contributed by atoms with van der Waals surface area (Å²) in [6, 6.07) is 6.36. The molecule has 9 heteroatoms. The summed E-state index contributed by atoms with van der Waals surface area (Å²) in [5.41, 5.74) is 0.536. The lowest BCUT2D eigenvalue weighted by molar-refractivity contribution is 0.00626. The van der Waals surface area contributed by atoms with Crippen LogP contribution in [0.3, 0.4) is 0 Å². The number of pyridine rings is 2. The van der Waals surface area contributed by atoms with E-state index >= 15 is 0 Å². The maximum atomic E-state index is 12.3. The van der Waals surface area contributed by atoms with Crippen LogP contribution in [0.15, 0.2) is 49.3 Å². The van der Waals surface area contributed by atoms with E-state index in [1.165, 1.54) is 24.7 Å². The van der Waals surface area contributed by atoms with Crippen LogP contribution >= 0.6 is 0 Å². The molecule has 0 radical (unpaired) electrons. The van der Waals surface area contributed by atoms with Crippen molar-refractivity contribution in [1.29, 1.82) is 0 Å². The summed E-state index contributed by atoms with van der Waals surface area (Å²) in [5, 5.41) is 6.67. The van der Waals surface area contributed by atoms with Crippen LogP contribution in [0.2, 0.25) is 0 Å². The van der Waals surface area contributed by atoms with Gasteiger partial charge in [-0.25, -0.2) is 24.4 Å². The molecule has 0 aliphatic rings. The fourth-order valence-electron chi connectivity index (χ4n) is 2.10. The van der Waals surface area contributed by atoms with Crippen molar-refractivity contribution in [2.45, 2.75) is 26.4 Å². The normalized spacial score (nSPS) is 11.1. The van der Waals surface area contributed by atoms with Crippen LogP contribution < -0.4 is 5.32 Å². The highest BCUT2D eigenvalue weighted by Gasteiger charge is 2.19. The third-order valence-corrected chi connectivity index (χ3v) is 3.31. The second kappa shape index (κ2) is 7.32. The molecule has 9 nitrogen and oxygen atoms in total. The number of hydrogen-bond acceptors (Lipinski definition) is 7. The Morgan fingerprint density at radius 1 is 1.07 bits per heavy atom. The van der Waals surface area contributed by atoms with Gasteiger partial charge in [-0.2, -0.15) is 5.10 Å². The number of rotatable bonds is 4. The number of esters is 1. The second-order valence-electron chi connectivity index (χ2n) is 6.63. The number of nitrogens with one attached hydrogen (secondary N) is 1. The Balaban J connectivity index is 1.65. The average molecular weight is 366 g/mol. The van der Waals surface area contributed by atoms with Gasteiger partial charge in [-0.3, -0.25) is 4.79 Å². The highest BCUT2D eigenvalue weighted by atomic mass is 16.6. The van der Waals surface area contributed by atoms with Crippen molar-refractivity contribution in [3.8, 4) is 5.69 Å². The predicted octanol–water partition coefficient (Wildman–Crippen LogP) is 2.26. The van der Waals surface area contributed by atoms with Crippen molar-refractivity contribution in [3.05, 3.63) is 60.6 Å². The minimum atomic E-state index is -0.612. The molecule has 3 aromatic heterocycles. The molecule has 0 saturated heterocycles. The van der Waals surface area contributed by atoms with Crippen molar-refractivity contribution in [2.24, 2.45) is 0 Å². The Hall–Kier alpha value is -3.62. The smallest absolute Gasteiger partial charge is 0.357 e. The number of anilines is 1. The number of amides is 1. The standard InChI is InChI=1S/C18H18N6O3/c1-18(2,3)27-17(26)14-6-4-12(8-20-14)16(25)23-15-7-5-13(9-21-15)24-11-19-10-22-24/h4-11H,1-3H3,(H,21,23,25). The molecule has 0 unspecified atom stereocenters. The summed E-state index contributed by atoms with van der Waals surface area (Å²) < 4.78 is 6.79. The molecule has 3 aromatic rings. The van der Waals surface area contributed by atoms with Crippen molar-refractivity contribution in [3.63, 3.8) is 0 Å². The van der Waals surface area contributed by atoms with E-state index in [1.807, 2.05) is 0 Å². The molecule has 0 saturated carbocycles. The van der Waals surface area contributed by atoms with Crippen LogP contribution in [0.1, 0.15) is 41.6 Å². The molecule has 0 aromatic carbocycles. The van der Waals surface area contributed by atoms with E-state index in [1.54, 1.807) is 50.1 Å². The molecule has 3 rings (SSSR count). The van der Waals surface area contributed by atoms with E-state index < -0.39 is 11.6 Å². The zero-order chi connectivity index (χ0) is 19.4. The first-order valence-corrected chi connectivity index (χ1v) is 8.14. The van der Waals surface area contributed by atoms with Gasteiger partial charge < -0.3 is 10.1 Å². The maximum absolute atomic E-state index is 12.3. The summed E-state index contributed by atoms with van der Waals surface area (Å²) in [4.78, 5) is 36.3. The lowest BCUT2D eigenvalue weighted by Gasteiger charge is -2.19. The summed E-state index contributed by atoms with van der Waals surface area (Å²) in [6.07, 6.45) is 5.85. The van der Waals surface area contributed by atoms with Crippen molar-refractivity contribution < 1.29 is 14.3 Å². The number of carbonyl (C=O) groups excluding carboxylic acids is 2. The summed E-state index contributed by atoms with van der Waals surface area (Å²) in [5.74, 6) is -0.556. The molecule has 0 aliphatic heterocycles. The van der Waals surface area contributed by atoms with Crippen molar-refractivity contribution in [2.75, 3.05) is 5.32 Å². The van der Waals surface area contributed by atoms with Crippen molar-refractivity contribution >= 4 is 17.7 Å². The van der Waals surface area contributed by atoms with Crippen LogP contribution in [0.5, 0.6) is 0 Å². The number of nitrogens with zero attached hydrogens (tertiary/aromatic N) is 5. The van der Waals surface area contributed by atoms with Gasteiger partial charge in [-0.1, -0.05) is 0 Å². The fraction of sp³-hybridized carbons (Fsp3) is 0.222. The Kier molecular flexibility index (Phi) is 4.93. The van der Waals surface area contributed by atoms with Gasteiger partial charge in [0.25, 0.3) is 5.91 Å². The summed E-state index contributed by atoms with van der Waals surface area (Å²) in [6.45, 7) is 5.32. The molecule has 0 bridgehead atoms. The first-order valence-electron chi connectivity index (χ1n) is 8.14. The third kappa shape index (κ3) is 4.72. The van der Waals surface area contributed by atoms with Gasteiger partial charge in [0.1, 0.15) is 29.8 Å². The summed E-state index contributed by atoms with van der Waals surface area (Å²) in [7, 11) is 0. The molecule has 1 amide bonds. The molecular formula is C18H18N6O3. The number of ether oxygens (including phenoxy) is 1. The fourth-order valence-corrected chi connectivity index (χ4v) is 2.10. The van der Waals surface area contributed by atoms with Gasteiger partial charge in [0.15, 0.2) is 0 Å². The monoisotopic (exact) mass is 366 g/mol. The number of aromatic nitrogens is 5. The van der Waals surface area contributed by atoms with Crippen LogP contribution in [0, 0.1) is 0 Å². The van der Waals surface area contributed by atoms with E-state index in [0.29, 0.717) is 17.1 Å². The second-order valence-corrected chi connectivity index (χ2v) is 6.63. The van der Waals surface area contributed by atoms with Gasteiger partial charge >= 0.3 is 5.97 Å². The highest BCUT2D eigenvalue weighted by Crippen LogP contribution is 2.13. The maximum Gasteiger partial charge on any atom is 0.357 e. The van der Waals surface area contributed by atoms with E-state index in [9.17, 15) is 9.59 Å². The van der Waals surface area contributed by atoms with Crippen LogP contribution in [0.4, 0.5) is 5.82 Å². The molecule has 0 spiro atoms. The lowest BCUT2D eigenvalue weighted by atomic mass is 10.2. The molecule has 1 N–H and O–H groups in total. The van der Waals surface area contributed by atoms with E-state index in [4.69, 9.17) is 4.74 Å². The summed E-state index contributed by atoms with van der Waals surface area (Å²) >= 11 is 0. The first-order chi connectivity index (χ1) is 12.8. The molecule has 0 fully saturated rings. The molecular weight excluding hydrogens is 348 g/mol. The van der Waals surface area contributed by atoms with E-state index in [2.05, 4.69) is 25.4 Å². The molecule has 0 atom stereocenters. The van der Waals surface area contributed by atoms with Crippen LogP contribution in [0.25, 0.3) is 5.69 Å². The third-order valence-electron chi connectivity index (χ3n) is 3.31. The minimum Gasteiger partial charge on any atom is -0.455 e. The molecule has 138 valence electrons. The van der Waals surface area contributed by atoms with E-state index in [-0.39, 0.29) is 11.6 Å². The number of carbonyl (C=O) groups is 2. The molecule has 0 aliphatic carbocycles. The largest absolute Gasteiger partial charge is 0.455 e. The van der Waals surface area contributed by atoms with Gasteiger partial charge in [-0.15, -0.1) is 0 Å². The number of hydrogen-bond donors (Lipinski definition) is 1. The predicted molar refractivity (Wildman–Crippen MR) is 96.5 cm³/mol. The first kappa shape index (κ1) is 18.2. The van der Waals surface area contributed by atoms with E-state index in [0.717, 1.165) is 0 Å². The van der Waals surface area contributed by atoms with Gasteiger partial charge in [-0.05, 0) is 45.0 Å². The zero-order valence-electron chi connectivity index (χ0n) is 15.1. The van der Waals surface area contributed by atoms with Gasteiger partial charge in [0.2, 0.25) is 0 Å². The zero-order valence-corrected chi connectivity index (χ0v) is 15.1. The minimum absolute atomic E-state index is 0.136. The lowest BCUT2D eigenvalue weighted by Crippen LogP contribution is -2.24. The quantitative estimate of drug-likeness (QED) is 0.705. The highest BCUT2D eigenvalue weighted by molar-refractivity contribution is 6.03. The van der Waals surface area contributed by atoms with Crippen LogP contribution in [-0.2, 0) is 4.74 Å². The van der Waals surface area contributed by atoms with Crippen molar-refractivity contribution in [1.82, 2.24) is 24.7 Å². The average Bonchev–Trinajstić information content (AvgIpc) is 3.16. The van der Waals surface area contributed by atoms with Crippen LogP contribution in [-0.4, -0.2) is 42.2 Å². The Morgan fingerprint density at radius 3 is 2.44 bits per heavy atom. The van der Waals surface area contributed by atoms with Gasteiger partial charge in [0, 0.05) is 6.20 Å². The Morgan fingerprint density at radius 2 is 1.89 bits per heavy atom. The SMILES string of the molecule is CC(C)(C)OC(=O)c1ccc(C(=O)Nc2ccc(-n3cncn3)cn2)cn1. The Bertz CT molecular complexity index is 929. The molecule has 27 heavy (non-hydrogen) atoms.